The summed E-state index contributed by atoms with van der Waals surface area (Å²) in [6.07, 6.45) is 2.08. The van der Waals surface area contributed by atoms with Gasteiger partial charge in [-0.05, 0) is 50.6 Å². The summed E-state index contributed by atoms with van der Waals surface area (Å²) in [5, 5.41) is 0. The van der Waals surface area contributed by atoms with Crippen molar-refractivity contribution in [3.63, 3.8) is 0 Å². The maximum absolute atomic E-state index is 13.0. The van der Waals surface area contributed by atoms with E-state index in [1.165, 1.54) is 6.92 Å². The number of rotatable bonds is 11. The minimum Gasteiger partial charge on any atom is -0.493 e. The van der Waals surface area contributed by atoms with Gasteiger partial charge in [-0.1, -0.05) is 25.5 Å². The van der Waals surface area contributed by atoms with Gasteiger partial charge in [0.2, 0.25) is 0 Å². The van der Waals surface area contributed by atoms with Crippen LogP contribution in [0.3, 0.4) is 0 Å². The summed E-state index contributed by atoms with van der Waals surface area (Å²) in [5.74, 6) is 0.0535. The van der Waals surface area contributed by atoms with Gasteiger partial charge in [-0.3, -0.25) is 14.4 Å². The maximum atomic E-state index is 13.0. The zero-order valence-corrected chi connectivity index (χ0v) is 19.4. The van der Waals surface area contributed by atoms with Gasteiger partial charge in [0.25, 0.3) is 5.56 Å². The van der Waals surface area contributed by atoms with E-state index in [2.05, 4.69) is 11.9 Å². The number of para-hydroxylation sites is 2. The molecule has 0 spiro atoms. The van der Waals surface area contributed by atoms with E-state index in [1.54, 1.807) is 22.8 Å². The molecule has 3 aromatic rings. The van der Waals surface area contributed by atoms with E-state index in [1.807, 2.05) is 31.2 Å². The van der Waals surface area contributed by atoms with Crippen molar-refractivity contribution in [1.82, 2.24) is 9.55 Å². The summed E-state index contributed by atoms with van der Waals surface area (Å²) >= 11 is 0. The lowest BCUT2D eigenvalue weighted by molar-refractivity contribution is -0.144. The third-order valence-corrected chi connectivity index (χ3v) is 5.38. The summed E-state index contributed by atoms with van der Waals surface area (Å²) in [4.78, 5) is 41.6. The first-order valence-corrected chi connectivity index (χ1v) is 11.3. The third kappa shape index (κ3) is 6.06. The highest BCUT2D eigenvalue weighted by molar-refractivity contribution is 5.94. The quantitative estimate of drug-likeness (QED) is 0.316. The van der Waals surface area contributed by atoms with Crippen LogP contribution in [-0.2, 0) is 29.1 Å². The Bertz CT molecular complexity index is 1200. The molecule has 0 aliphatic rings. The van der Waals surface area contributed by atoms with Gasteiger partial charge in [0.05, 0.1) is 24.1 Å². The van der Waals surface area contributed by atoms with E-state index in [0.717, 1.165) is 23.9 Å². The fourth-order valence-electron chi connectivity index (χ4n) is 3.60. The zero-order valence-electron chi connectivity index (χ0n) is 19.4. The lowest BCUT2D eigenvalue weighted by atomic mass is 10.1. The van der Waals surface area contributed by atoms with E-state index >= 15 is 0 Å². The Morgan fingerprint density at radius 1 is 1.09 bits per heavy atom. The number of ether oxygens (including phenoxy) is 2. The van der Waals surface area contributed by atoms with Crippen LogP contribution >= 0.6 is 0 Å². The number of ketones is 1. The van der Waals surface area contributed by atoms with Crippen LogP contribution < -0.4 is 10.3 Å². The molecule has 7 nitrogen and oxygen atoms in total. The molecule has 0 saturated carbocycles. The zero-order chi connectivity index (χ0) is 23.8. The number of esters is 1. The van der Waals surface area contributed by atoms with Gasteiger partial charge in [-0.15, -0.1) is 0 Å². The topological polar surface area (TPSA) is 87.5 Å². The first-order valence-electron chi connectivity index (χ1n) is 11.3. The highest BCUT2D eigenvalue weighted by Gasteiger charge is 2.14. The second-order valence-corrected chi connectivity index (χ2v) is 7.83. The van der Waals surface area contributed by atoms with Gasteiger partial charge in [0.1, 0.15) is 18.1 Å². The Labute approximate surface area is 193 Å². The Kier molecular flexibility index (Phi) is 8.35. The average molecular weight is 451 g/mol. The Morgan fingerprint density at radius 2 is 1.88 bits per heavy atom. The van der Waals surface area contributed by atoms with Crippen molar-refractivity contribution in [1.29, 1.82) is 0 Å². The number of benzene rings is 2. The Morgan fingerprint density at radius 3 is 2.61 bits per heavy atom. The number of Topliss-reactive ketones (excluding diaryl/α,β-unsaturated/α-hetero) is 1. The van der Waals surface area contributed by atoms with Gasteiger partial charge in [-0.2, -0.15) is 0 Å². The second-order valence-electron chi connectivity index (χ2n) is 7.83. The van der Waals surface area contributed by atoms with E-state index in [4.69, 9.17) is 9.47 Å². The van der Waals surface area contributed by atoms with Crippen LogP contribution in [0.2, 0.25) is 0 Å². The van der Waals surface area contributed by atoms with Crippen molar-refractivity contribution in [2.24, 2.45) is 0 Å². The molecule has 7 heteroatoms. The van der Waals surface area contributed by atoms with Crippen molar-refractivity contribution in [2.45, 2.75) is 59.6 Å². The summed E-state index contributed by atoms with van der Waals surface area (Å²) in [5.41, 5.74) is 2.88. The van der Waals surface area contributed by atoms with Crippen LogP contribution in [-0.4, -0.2) is 27.9 Å². The van der Waals surface area contributed by atoms with Crippen molar-refractivity contribution in [3.05, 3.63) is 69.6 Å². The fraction of sp³-hybridized carbons (Fsp3) is 0.385. The maximum Gasteiger partial charge on any atom is 0.306 e. The van der Waals surface area contributed by atoms with Gasteiger partial charge in [-0.25, -0.2) is 4.98 Å². The molecule has 0 unspecified atom stereocenters. The summed E-state index contributed by atoms with van der Waals surface area (Å²) in [6, 6.07) is 12.6. The fourth-order valence-corrected chi connectivity index (χ4v) is 3.60. The van der Waals surface area contributed by atoms with Gasteiger partial charge >= 0.3 is 5.97 Å². The highest BCUT2D eigenvalue weighted by atomic mass is 16.5. The molecule has 0 saturated heterocycles. The largest absolute Gasteiger partial charge is 0.493 e. The van der Waals surface area contributed by atoms with Crippen LogP contribution in [0.15, 0.2) is 47.3 Å². The number of aromatic nitrogens is 2. The molecule has 0 radical (unpaired) electrons. The molecule has 2 aromatic carbocycles. The molecule has 33 heavy (non-hydrogen) atoms. The Hall–Kier alpha value is -3.48. The van der Waals surface area contributed by atoms with E-state index < -0.39 is 5.97 Å². The molecule has 0 N–H and O–H groups in total. The molecule has 1 aromatic heterocycles. The highest BCUT2D eigenvalue weighted by Crippen LogP contribution is 2.22. The molecule has 0 bridgehead atoms. The number of fused-ring (bicyclic) bond motifs is 1. The molecular formula is C26H30N2O5. The second kappa shape index (κ2) is 11.4. The first kappa shape index (κ1) is 24.2. The average Bonchev–Trinajstić information content (AvgIpc) is 2.81. The molecule has 0 atom stereocenters. The van der Waals surface area contributed by atoms with Gasteiger partial charge in [0.15, 0.2) is 5.78 Å². The summed E-state index contributed by atoms with van der Waals surface area (Å²) < 4.78 is 12.7. The minimum atomic E-state index is -0.444. The number of hydrogen-bond donors (Lipinski definition) is 0. The lowest BCUT2D eigenvalue weighted by Gasteiger charge is -2.13. The number of unbranched alkanes of at least 4 members (excludes halogenated alkanes) is 1. The van der Waals surface area contributed by atoms with Crippen LogP contribution in [0.4, 0.5) is 0 Å². The number of nitrogens with zero attached hydrogens (tertiary/aromatic N) is 2. The number of hydrogen-bond acceptors (Lipinski definition) is 6. The molecule has 3 rings (SSSR count). The van der Waals surface area contributed by atoms with Crippen LogP contribution in [0.25, 0.3) is 11.0 Å². The molecule has 0 aliphatic carbocycles. The van der Waals surface area contributed by atoms with Crippen molar-refractivity contribution in [2.75, 3.05) is 6.61 Å². The minimum absolute atomic E-state index is 0.0127. The molecule has 174 valence electrons. The Balaban J connectivity index is 1.71. The van der Waals surface area contributed by atoms with Crippen molar-refractivity contribution in [3.8, 4) is 5.75 Å². The molecule has 0 aliphatic heterocycles. The van der Waals surface area contributed by atoms with E-state index in [9.17, 15) is 14.4 Å². The van der Waals surface area contributed by atoms with E-state index in [0.29, 0.717) is 35.7 Å². The van der Waals surface area contributed by atoms with E-state index in [-0.39, 0.29) is 30.8 Å². The smallest absolute Gasteiger partial charge is 0.306 e. The van der Waals surface area contributed by atoms with Crippen LogP contribution in [0, 0.1) is 0 Å². The molecule has 0 fully saturated rings. The SMILES string of the molecule is CCCCn1c(=O)c(CCC(=O)OCc2cc(C(C)=O)ccc2OCC)nc2ccccc21. The monoisotopic (exact) mass is 450 g/mol. The summed E-state index contributed by atoms with van der Waals surface area (Å²) in [7, 11) is 0. The first-order chi connectivity index (χ1) is 15.9. The standard InChI is InChI=1S/C26H30N2O5/c1-4-6-15-28-23-10-8-7-9-21(23)27-22(26(28)31)12-14-25(30)33-17-20-16-19(18(3)29)11-13-24(20)32-5-2/h7-11,13,16H,4-6,12,14-15,17H2,1-3H3. The van der Waals surface area contributed by atoms with Crippen LogP contribution in [0.5, 0.6) is 5.75 Å². The van der Waals surface area contributed by atoms with Gasteiger partial charge < -0.3 is 14.0 Å². The predicted octanol–water partition coefficient (Wildman–Crippen LogP) is 4.47. The normalized spacial score (nSPS) is 10.9. The summed E-state index contributed by atoms with van der Waals surface area (Å²) in [6.45, 7) is 6.48. The molecule has 0 amide bonds. The lowest BCUT2D eigenvalue weighted by Crippen LogP contribution is -2.26. The van der Waals surface area contributed by atoms with Crippen molar-refractivity contribution >= 4 is 22.8 Å². The molecular weight excluding hydrogens is 420 g/mol. The number of carbonyl (C=O) groups excluding carboxylic acids is 2. The third-order valence-electron chi connectivity index (χ3n) is 5.38. The number of carbonyl (C=O) groups is 2. The number of aryl methyl sites for hydroxylation is 2. The van der Waals surface area contributed by atoms with Gasteiger partial charge in [0, 0.05) is 24.1 Å². The van der Waals surface area contributed by atoms with Crippen molar-refractivity contribution < 1.29 is 19.1 Å². The predicted molar refractivity (Wildman–Crippen MR) is 127 cm³/mol. The molecule has 1 heterocycles. The van der Waals surface area contributed by atoms with Crippen LogP contribution in [0.1, 0.15) is 61.6 Å².